The summed E-state index contributed by atoms with van der Waals surface area (Å²) in [4.78, 5) is 51.3. The normalized spacial score (nSPS) is 20.2. The van der Waals surface area contributed by atoms with Gasteiger partial charge in [-0.3, -0.25) is 24.0 Å². The van der Waals surface area contributed by atoms with E-state index in [4.69, 9.17) is 4.74 Å². The number of ether oxygens (including phenoxy) is 1. The molecular formula is C24H32N4O5. The van der Waals surface area contributed by atoms with Gasteiger partial charge in [-0.1, -0.05) is 6.07 Å². The van der Waals surface area contributed by atoms with Crippen LogP contribution in [0.3, 0.4) is 0 Å². The molecule has 1 atom stereocenters. The zero-order chi connectivity index (χ0) is 23.9. The number of imide groups is 1. The number of nitrogens with one attached hydrogen (secondary N) is 1. The number of likely N-dealkylation sites (tertiary alicyclic amines) is 1. The second kappa shape index (κ2) is 8.68. The van der Waals surface area contributed by atoms with E-state index in [0.717, 1.165) is 23.9 Å². The van der Waals surface area contributed by atoms with Gasteiger partial charge in [-0.15, -0.1) is 0 Å². The second-order valence-electron chi connectivity index (χ2n) is 9.85. The van der Waals surface area contributed by atoms with Gasteiger partial charge in [0.25, 0.3) is 0 Å². The Hall–Kier alpha value is -3.10. The maximum absolute atomic E-state index is 13.2. The summed E-state index contributed by atoms with van der Waals surface area (Å²) in [7, 11) is 0. The lowest BCUT2D eigenvalue weighted by Gasteiger charge is -2.33. The van der Waals surface area contributed by atoms with Gasteiger partial charge < -0.3 is 9.64 Å². The topological polar surface area (TPSA) is 103 Å². The first-order chi connectivity index (χ1) is 15.6. The van der Waals surface area contributed by atoms with Gasteiger partial charge in [-0.05, 0) is 70.6 Å². The number of aromatic nitrogens is 2. The van der Waals surface area contributed by atoms with Crippen molar-refractivity contribution in [3.63, 3.8) is 0 Å². The summed E-state index contributed by atoms with van der Waals surface area (Å²) in [5.41, 5.74) is 1.86. The van der Waals surface area contributed by atoms with Crippen molar-refractivity contribution in [3.05, 3.63) is 34.2 Å². The molecule has 2 aliphatic heterocycles. The number of fused-ring (bicyclic) bond motifs is 1. The molecule has 1 unspecified atom stereocenters. The number of hydrogen-bond donors (Lipinski definition) is 1. The smallest absolute Gasteiger partial charge is 0.410 e. The standard InChI is InChI=1S/C24H32N4O5/c1-5-27-19-14-16(15-10-12-26(13-11-15)23(32)33-24(2,3)4)6-7-17(19)28(22(27)31)18-8-9-20(29)25-21(18)30/h6-7,14-15,18H,5,8-13H2,1-4H3,(H,25,29,30). The third-order valence-electron chi connectivity index (χ3n) is 6.44. The predicted octanol–water partition coefficient (Wildman–Crippen LogP) is 2.92. The number of aryl methyl sites for hydroxylation is 1. The van der Waals surface area contributed by atoms with E-state index >= 15 is 0 Å². The molecule has 2 aliphatic rings. The molecule has 1 aromatic carbocycles. The van der Waals surface area contributed by atoms with Crippen molar-refractivity contribution < 1.29 is 19.1 Å². The first-order valence-electron chi connectivity index (χ1n) is 11.7. The Morgan fingerprint density at radius 1 is 1.09 bits per heavy atom. The van der Waals surface area contributed by atoms with Crippen molar-refractivity contribution in [1.82, 2.24) is 19.4 Å². The van der Waals surface area contributed by atoms with Gasteiger partial charge >= 0.3 is 11.8 Å². The fraction of sp³-hybridized carbons (Fsp3) is 0.583. The number of benzene rings is 1. The second-order valence-corrected chi connectivity index (χ2v) is 9.85. The number of carbonyl (C=O) groups excluding carboxylic acids is 3. The number of amides is 3. The van der Waals surface area contributed by atoms with Crippen LogP contribution in [0, 0.1) is 0 Å². The van der Waals surface area contributed by atoms with Crippen LogP contribution >= 0.6 is 0 Å². The average Bonchev–Trinajstić information content (AvgIpc) is 3.03. The van der Waals surface area contributed by atoms with Crippen molar-refractivity contribution in [2.45, 2.75) is 77.5 Å². The van der Waals surface area contributed by atoms with Gasteiger partial charge in [0.1, 0.15) is 11.6 Å². The zero-order valence-electron chi connectivity index (χ0n) is 19.7. The largest absolute Gasteiger partial charge is 0.444 e. The van der Waals surface area contributed by atoms with Crippen molar-refractivity contribution in [2.24, 2.45) is 0 Å². The third kappa shape index (κ3) is 4.54. The van der Waals surface area contributed by atoms with E-state index in [9.17, 15) is 19.2 Å². The molecule has 0 saturated carbocycles. The fourth-order valence-corrected chi connectivity index (χ4v) is 4.81. The minimum absolute atomic E-state index is 0.218. The summed E-state index contributed by atoms with van der Waals surface area (Å²) in [5, 5.41) is 2.35. The quantitative estimate of drug-likeness (QED) is 0.716. The van der Waals surface area contributed by atoms with Crippen LogP contribution in [0.4, 0.5) is 4.79 Å². The summed E-state index contributed by atoms with van der Waals surface area (Å²) >= 11 is 0. The highest BCUT2D eigenvalue weighted by molar-refractivity contribution is 6.00. The van der Waals surface area contributed by atoms with E-state index in [1.54, 1.807) is 9.47 Å². The highest BCUT2D eigenvalue weighted by Gasteiger charge is 2.32. The van der Waals surface area contributed by atoms with E-state index < -0.39 is 17.6 Å². The van der Waals surface area contributed by atoms with Gasteiger partial charge in [-0.25, -0.2) is 9.59 Å². The van der Waals surface area contributed by atoms with Crippen LogP contribution in [0.2, 0.25) is 0 Å². The SMILES string of the molecule is CCn1c(=O)n(C2CCC(=O)NC2=O)c2ccc(C3CCN(C(=O)OC(C)(C)C)CC3)cc21. The first kappa shape index (κ1) is 23.1. The molecule has 1 aromatic heterocycles. The highest BCUT2D eigenvalue weighted by atomic mass is 16.6. The van der Waals surface area contributed by atoms with E-state index in [0.29, 0.717) is 31.6 Å². The lowest BCUT2D eigenvalue weighted by Crippen LogP contribution is -2.44. The number of piperidine rings is 2. The molecule has 0 aliphatic carbocycles. The molecule has 0 bridgehead atoms. The third-order valence-corrected chi connectivity index (χ3v) is 6.44. The molecule has 3 heterocycles. The maximum atomic E-state index is 13.2. The molecule has 9 nitrogen and oxygen atoms in total. The van der Waals surface area contributed by atoms with E-state index in [1.807, 2.05) is 45.9 Å². The van der Waals surface area contributed by atoms with Gasteiger partial charge in [0.15, 0.2) is 0 Å². The number of rotatable bonds is 3. The lowest BCUT2D eigenvalue weighted by molar-refractivity contribution is -0.135. The van der Waals surface area contributed by atoms with Crippen molar-refractivity contribution in [1.29, 1.82) is 0 Å². The molecule has 0 radical (unpaired) electrons. The molecule has 2 fully saturated rings. The maximum Gasteiger partial charge on any atom is 0.410 e. The van der Waals surface area contributed by atoms with Crippen LogP contribution in [0.15, 0.2) is 23.0 Å². The van der Waals surface area contributed by atoms with E-state index in [1.165, 1.54) is 4.57 Å². The Labute approximate surface area is 192 Å². The minimum atomic E-state index is -0.687. The van der Waals surface area contributed by atoms with Crippen molar-refractivity contribution in [2.75, 3.05) is 13.1 Å². The molecule has 2 saturated heterocycles. The van der Waals surface area contributed by atoms with Crippen molar-refractivity contribution >= 4 is 28.9 Å². The van der Waals surface area contributed by atoms with Gasteiger partial charge in [0.2, 0.25) is 11.8 Å². The van der Waals surface area contributed by atoms with Crippen LogP contribution in [0.1, 0.15) is 70.9 Å². The summed E-state index contributed by atoms with van der Waals surface area (Å²) in [6.45, 7) is 9.21. The number of nitrogens with zero attached hydrogens (tertiary/aromatic N) is 3. The fourth-order valence-electron chi connectivity index (χ4n) is 4.81. The molecule has 3 amide bonds. The Morgan fingerprint density at radius 3 is 2.39 bits per heavy atom. The molecule has 0 spiro atoms. The monoisotopic (exact) mass is 456 g/mol. The molecule has 9 heteroatoms. The molecule has 1 N–H and O–H groups in total. The summed E-state index contributed by atoms with van der Waals surface area (Å²) in [6.07, 6.45) is 1.88. The number of carbonyl (C=O) groups is 3. The van der Waals surface area contributed by atoms with E-state index in [2.05, 4.69) is 5.32 Å². The van der Waals surface area contributed by atoms with Crippen LogP contribution in [0.25, 0.3) is 11.0 Å². The van der Waals surface area contributed by atoms with Crippen LogP contribution in [0.5, 0.6) is 0 Å². The summed E-state index contributed by atoms with van der Waals surface area (Å²) in [6, 6.07) is 5.27. The Kier molecular flexibility index (Phi) is 6.07. The van der Waals surface area contributed by atoms with Gasteiger partial charge in [0.05, 0.1) is 11.0 Å². The average molecular weight is 457 g/mol. The predicted molar refractivity (Wildman–Crippen MR) is 123 cm³/mol. The minimum Gasteiger partial charge on any atom is -0.444 e. The molecule has 178 valence electrons. The van der Waals surface area contributed by atoms with Gasteiger partial charge in [0, 0.05) is 26.1 Å². The molecule has 4 rings (SSSR count). The Balaban J connectivity index is 1.58. The zero-order valence-corrected chi connectivity index (χ0v) is 19.7. The first-order valence-corrected chi connectivity index (χ1v) is 11.7. The molecule has 33 heavy (non-hydrogen) atoms. The van der Waals surface area contributed by atoms with Crippen molar-refractivity contribution in [3.8, 4) is 0 Å². The Morgan fingerprint density at radius 2 is 1.79 bits per heavy atom. The summed E-state index contributed by atoms with van der Waals surface area (Å²) in [5.74, 6) is -0.460. The lowest BCUT2D eigenvalue weighted by atomic mass is 9.89. The number of hydrogen-bond acceptors (Lipinski definition) is 5. The molecule has 2 aromatic rings. The summed E-state index contributed by atoms with van der Waals surface area (Å²) < 4.78 is 8.69. The Bertz CT molecular complexity index is 1150. The highest BCUT2D eigenvalue weighted by Crippen LogP contribution is 2.32. The van der Waals surface area contributed by atoms with E-state index in [-0.39, 0.29) is 30.0 Å². The van der Waals surface area contributed by atoms with Crippen LogP contribution < -0.4 is 11.0 Å². The van der Waals surface area contributed by atoms with Crippen LogP contribution in [-0.2, 0) is 20.9 Å². The molecular weight excluding hydrogens is 424 g/mol. The number of imidazole rings is 1. The van der Waals surface area contributed by atoms with Crippen LogP contribution in [-0.4, -0.2) is 50.6 Å². The van der Waals surface area contributed by atoms with Gasteiger partial charge in [-0.2, -0.15) is 0 Å².